The molecule has 0 N–H and O–H groups in total. The SMILES string of the molecule is CCC(=O)N(c1ccccc1)c1ncccc1C. The average Bonchev–Trinajstić information content (AvgIpc) is 2.42. The molecule has 0 aliphatic rings. The summed E-state index contributed by atoms with van der Waals surface area (Å²) in [5, 5.41) is 0. The molecule has 0 spiro atoms. The van der Waals surface area contributed by atoms with Crippen LogP contribution in [0.15, 0.2) is 48.7 Å². The third kappa shape index (κ3) is 2.40. The van der Waals surface area contributed by atoms with Crippen LogP contribution in [-0.4, -0.2) is 10.9 Å². The lowest BCUT2D eigenvalue weighted by atomic mass is 10.2. The molecule has 2 rings (SSSR count). The molecule has 92 valence electrons. The number of carbonyl (C=O) groups is 1. The van der Waals surface area contributed by atoms with Crippen LogP contribution in [0, 0.1) is 6.92 Å². The van der Waals surface area contributed by atoms with Gasteiger partial charge in [0.15, 0.2) is 0 Å². The van der Waals surface area contributed by atoms with E-state index in [0.717, 1.165) is 11.3 Å². The number of pyridine rings is 1. The van der Waals surface area contributed by atoms with Gasteiger partial charge in [0.05, 0.1) is 5.69 Å². The fourth-order valence-corrected chi connectivity index (χ4v) is 1.83. The number of hydrogen-bond acceptors (Lipinski definition) is 2. The molecular weight excluding hydrogens is 224 g/mol. The maximum absolute atomic E-state index is 12.2. The van der Waals surface area contributed by atoms with E-state index in [-0.39, 0.29) is 5.91 Å². The van der Waals surface area contributed by atoms with E-state index in [2.05, 4.69) is 4.98 Å². The lowest BCUT2D eigenvalue weighted by Gasteiger charge is -2.22. The number of aromatic nitrogens is 1. The Labute approximate surface area is 107 Å². The zero-order chi connectivity index (χ0) is 13.0. The monoisotopic (exact) mass is 240 g/mol. The second kappa shape index (κ2) is 5.45. The molecule has 1 aromatic heterocycles. The maximum Gasteiger partial charge on any atom is 0.232 e. The van der Waals surface area contributed by atoms with Crippen LogP contribution < -0.4 is 4.90 Å². The Hall–Kier alpha value is -2.16. The average molecular weight is 240 g/mol. The van der Waals surface area contributed by atoms with Crippen molar-refractivity contribution in [2.75, 3.05) is 4.90 Å². The van der Waals surface area contributed by atoms with Crippen molar-refractivity contribution >= 4 is 17.4 Å². The minimum absolute atomic E-state index is 0.0444. The van der Waals surface area contributed by atoms with Crippen molar-refractivity contribution in [1.29, 1.82) is 0 Å². The highest BCUT2D eigenvalue weighted by molar-refractivity contribution is 5.99. The number of carbonyl (C=O) groups excluding carboxylic acids is 1. The summed E-state index contributed by atoms with van der Waals surface area (Å²) in [6, 6.07) is 13.4. The first-order valence-electron chi connectivity index (χ1n) is 6.03. The third-order valence-corrected chi connectivity index (χ3v) is 2.76. The molecule has 0 fully saturated rings. The van der Waals surface area contributed by atoms with Crippen molar-refractivity contribution in [3.8, 4) is 0 Å². The number of benzene rings is 1. The summed E-state index contributed by atoms with van der Waals surface area (Å²) in [5.41, 5.74) is 1.84. The van der Waals surface area contributed by atoms with Gasteiger partial charge in [-0.25, -0.2) is 4.98 Å². The summed E-state index contributed by atoms with van der Waals surface area (Å²) in [7, 11) is 0. The molecule has 0 aliphatic heterocycles. The molecule has 1 amide bonds. The van der Waals surface area contributed by atoms with Crippen LogP contribution in [0.3, 0.4) is 0 Å². The molecule has 0 saturated heterocycles. The van der Waals surface area contributed by atoms with Gasteiger partial charge in [-0.05, 0) is 30.7 Å². The number of hydrogen-bond donors (Lipinski definition) is 0. The molecule has 0 saturated carbocycles. The van der Waals surface area contributed by atoms with Crippen molar-refractivity contribution in [3.63, 3.8) is 0 Å². The Bertz CT molecular complexity index is 537. The fraction of sp³-hybridized carbons (Fsp3) is 0.200. The van der Waals surface area contributed by atoms with E-state index in [1.165, 1.54) is 0 Å². The van der Waals surface area contributed by atoms with Crippen LogP contribution in [-0.2, 0) is 4.79 Å². The van der Waals surface area contributed by atoms with Gasteiger partial charge < -0.3 is 0 Å². The lowest BCUT2D eigenvalue weighted by molar-refractivity contribution is -0.117. The predicted molar refractivity (Wildman–Crippen MR) is 72.9 cm³/mol. The first-order chi connectivity index (χ1) is 8.74. The number of anilines is 2. The molecule has 2 aromatic rings. The van der Waals surface area contributed by atoms with E-state index in [0.29, 0.717) is 12.2 Å². The number of para-hydroxylation sites is 1. The summed E-state index contributed by atoms with van der Waals surface area (Å²) >= 11 is 0. The Morgan fingerprint density at radius 1 is 1.17 bits per heavy atom. The zero-order valence-electron chi connectivity index (χ0n) is 10.6. The lowest BCUT2D eigenvalue weighted by Crippen LogP contribution is -2.26. The number of aryl methyl sites for hydroxylation is 1. The van der Waals surface area contributed by atoms with Crippen molar-refractivity contribution < 1.29 is 4.79 Å². The van der Waals surface area contributed by atoms with Gasteiger partial charge in [0.1, 0.15) is 5.82 Å². The van der Waals surface area contributed by atoms with Gasteiger partial charge in [-0.2, -0.15) is 0 Å². The maximum atomic E-state index is 12.2. The van der Waals surface area contributed by atoms with E-state index in [1.54, 1.807) is 11.1 Å². The molecule has 0 radical (unpaired) electrons. The van der Waals surface area contributed by atoms with Gasteiger partial charge in [0.25, 0.3) is 0 Å². The second-order valence-electron chi connectivity index (χ2n) is 4.06. The van der Waals surface area contributed by atoms with Crippen LogP contribution in [0.1, 0.15) is 18.9 Å². The molecule has 18 heavy (non-hydrogen) atoms. The number of amides is 1. The molecule has 0 aliphatic carbocycles. The quantitative estimate of drug-likeness (QED) is 0.823. The molecule has 3 heteroatoms. The minimum Gasteiger partial charge on any atom is -0.274 e. The molecule has 0 unspecified atom stereocenters. The van der Waals surface area contributed by atoms with Crippen LogP contribution in [0.2, 0.25) is 0 Å². The fourth-order valence-electron chi connectivity index (χ4n) is 1.83. The zero-order valence-corrected chi connectivity index (χ0v) is 10.6. The van der Waals surface area contributed by atoms with Gasteiger partial charge in [-0.1, -0.05) is 31.2 Å². The Balaban J connectivity index is 2.51. The van der Waals surface area contributed by atoms with Gasteiger partial charge in [0.2, 0.25) is 5.91 Å². The summed E-state index contributed by atoms with van der Waals surface area (Å²) in [6.07, 6.45) is 2.16. The summed E-state index contributed by atoms with van der Waals surface area (Å²) < 4.78 is 0. The Morgan fingerprint density at radius 3 is 2.50 bits per heavy atom. The first-order valence-corrected chi connectivity index (χ1v) is 6.03. The summed E-state index contributed by atoms with van der Waals surface area (Å²) in [4.78, 5) is 18.2. The van der Waals surface area contributed by atoms with Crippen molar-refractivity contribution in [2.24, 2.45) is 0 Å². The summed E-state index contributed by atoms with van der Waals surface area (Å²) in [6.45, 7) is 3.82. The van der Waals surface area contributed by atoms with E-state index < -0.39 is 0 Å². The van der Waals surface area contributed by atoms with Crippen LogP contribution in [0.5, 0.6) is 0 Å². The van der Waals surface area contributed by atoms with Crippen molar-refractivity contribution in [2.45, 2.75) is 20.3 Å². The summed E-state index contributed by atoms with van der Waals surface area (Å²) in [5.74, 6) is 0.749. The van der Waals surface area contributed by atoms with Gasteiger partial charge in [0, 0.05) is 12.6 Å². The van der Waals surface area contributed by atoms with Crippen LogP contribution in [0.25, 0.3) is 0 Å². The number of nitrogens with zero attached hydrogens (tertiary/aromatic N) is 2. The highest BCUT2D eigenvalue weighted by Crippen LogP contribution is 2.26. The smallest absolute Gasteiger partial charge is 0.232 e. The highest BCUT2D eigenvalue weighted by Gasteiger charge is 2.18. The van der Waals surface area contributed by atoms with Gasteiger partial charge in [-0.15, -0.1) is 0 Å². The molecule has 0 bridgehead atoms. The largest absolute Gasteiger partial charge is 0.274 e. The van der Waals surface area contributed by atoms with Gasteiger partial charge >= 0.3 is 0 Å². The van der Waals surface area contributed by atoms with E-state index in [1.807, 2.05) is 56.3 Å². The van der Waals surface area contributed by atoms with Crippen LogP contribution in [0.4, 0.5) is 11.5 Å². The Kier molecular flexibility index (Phi) is 3.72. The minimum atomic E-state index is 0.0444. The Morgan fingerprint density at radius 2 is 1.89 bits per heavy atom. The molecule has 0 atom stereocenters. The molecular formula is C15H16N2O. The molecule has 1 heterocycles. The van der Waals surface area contributed by atoms with Crippen molar-refractivity contribution in [1.82, 2.24) is 4.98 Å². The normalized spacial score (nSPS) is 10.1. The van der Waals surface area contributed by atoms with Crippen LogP contribution >= 0.6 is 0 Å². The molecule has 3 nitrogen and oxygen atoms in total. The van der Waals surface area contributed by atoms with E-state index in [9.17, 15) is 4.79 Å². The van der Waals surface area contributed by atoms with Gasteiger partial charge in [-0.3, -0.25) is 9.69 Å². The van der Waals surface area contributed by atoms with Crippen molar-refractivity contribution in [3.05, 3.63) is 54.2 Å². The highest BCUT2D eigenvalue weighted by atomic mass is 16.2. The molecule has 1 aromatic carbocycles. The standard InChI is InChI=1S/C15H16N2O/c1-3-14(18)17(13-9-5-4-6-10-13)15-12(2)8-7-11-16-15/h4-11H,3H2,1-2H3. The van der Waals surface area contributed by atoms with E-state index >= 15 is 0 Å². The topological polar surface area (TPSA) is 33.2 Å². The predicted octanol–water partition coefficient (Wildman–Crippen LogP) is 3.46. The second-order valence-corrected chi connectivity index (χ2v) is 4.06. The number of rotatable bonds is 3. The third-order valence-electron chi connectivity index (χ3n) is 2.76. The first kappa shape index (κ1) is 12.3. The van der Waals surface area contributed by atoms with E-state index in [4.69, 9.17) is 0 Å².